The summed E-state index contributed by atoms with van der Waals surface area (Å²) in [5, 5.41) is 2.85. The zero-order chi connectivity index (χ0) is 21.1. The van der Waals surface area contributed by atoms with Gasteiger partial charge < -0.3 is 21.4 Å². The average molecular weight is 416 g/mol. The lowest BCUT2D eigenvalue weighted by molar-refractivity contribution is -0.121. The van der Waals surface area contributed by atoms with Crippen LogP contribution in [0.2, 0.25) is 0 Å². The van der Waals surface area contributed by atoms with Crippen molar-refractivity contribution in [2.24, 2.45) is 5.92 Å². The van der Waals surface area contributed by atoms with Gasteiger partial charge in [0.15, 0.2) is 0 Å². The number of carbonyl (C=O) groups excluding carboxylic acids is 1. The number of nitrogens with zero attached hydrogens (tertiary/aromatic N) is 2. The van der Waals surface area contributed by atoms with Gasteiger partial charge in [-0.2, -0.15) is 0 Å². The molecule has 0 spiro atoms. The maximum atomic E-state index is 12.7. The van der Waals surface area contributed by atoms with E-state index in [4.69, 9.17) is 11.5 Å². The van der Waals surface area contributed by atoms with Gasteiger partial charge >= 0.3 is 0 Å². The first-order valence-electron chi connectivity index (χ1n) is 9.88. The van der Waals surface area contributed by atoms with Crippen LogP contribution in [0.1, 0.15) is 41.8 Å². The number of hydrogen-bond donors (Lipinski definition) is 3. The van der Waals surface area contributed by atoms with Crippen LogP contribution in [0.5, 0.6) is 0 Å². The largest absolute Gasteiger partial charge is 0.393 e. The number of carbonyl (C=O) groups is 1. The standard InChI is InChI=1S/C21H29N5O2S/c1-12-7-16(14(3)25-20(12)23)9-24-18(27)10-26-13(2)8-17(19(22)21(26)28)29-11-15-5-4-6-15/h7-8,15H,4-6,9-11,22H2,1-3H3,(H2,23,25)(H,24,27). The summed E-state index contributed by atoms with van der Waals surface area (Å²) >= 11 is 1.64. The fourth-order valence-corrected chi connectivity index (χ4v) is 4.54. The van der Waals surface area contributed by atoms with Crippen LogP contribution < -0.4 is 22.3 Å². The predicted octanol–water partition coefficient (Wildman–Crippen LogP) is 2.54. The normalized spacial score (nSPS) is 13.9. The van der Waals surface area contributed by atoms with E-state index < -0.39 is 0 Å². The Kier molecular flexibility index (Phi) is 6.52. The van der Waals surface area contributed by atoms with E-state index in [1.165, 1.54) is 23.8 Å². The average Bonchev–Trinajstić information content (AvgIpc) is 2.63. The van der Waals surface area contributed by atoms with Crippen molar-refractivity contribution in [2.75, 3.05) is 17.2 Å². The van der Waals surface area contributed by atoms with Gasteiger partial charge in [-0.15, -0.1) is 11.8 Å². The van der Waals surface area contributed by atoms with Gasteiger partial charge in [-0.05, 0) is 62.8 Å². The topological polar surface area (TPSA) is 116 Å². The Morgan fingerprint density at radius 2 is 2.00 bits per heavy atom. The maximum Gasteiger partial charge on any atom is 0.275 e. The number of nitrogen functional groups attached to an aromatic ring is 2. The number of aromatic nitrogens is 2. The lowest BCUT2D eigenvalue weighted by Crippen LogP contribution is -2.34. The number of rotatable bonds is 7. The van der Waals surface area contributed by atoms with Crippen molar-refractivity contribution < 1.29 is 4.79 Å². The van der Waals surface area contributed by atoms with E-state index in [1.54, 1.807) is 11.8 Å². The van der Waals surface area contributed by atoms with Crippen LogP contribution in [0.25, 0.3) is 0 Å². The highest BCUT2D eigenvalue weighted by Gasteiger charge is 2.19. The zero-order valence-electron chi connectivity index (χ0n) is 17.2. The molecule has 2 aromatic rings. The van der Waals surface area contributed by atoms with Crippen molar-refractivity contribution in [2.45, 2.75) is 58.0 Å². The Labute approximate surface area is 175 Å². The number of pyridine rings is 2. The molecule has 1 saturated carbocycles. The number of thioether (sulfide) groups is 1. The molecule has 0 aliphatic heterocycles. The first-order chi connectivity index (χ1) is 13.8. The third-order valence-electron chi connectivity index (χ3n) is 5.53. The molecular formula is C21H29N5O2S. The van der Waals surface area contributed by atoms with Crippen LogP contribution in [0.3, 0.4) is 0 Å². The van der Waals surface area contributed by atoms with Crippen molar-refractivity contribution >= 4 is 29.2 Å². The number of nitrogens with two attached hydrogens (primary N) is 2. The van der Waals surface area contributed by atoms with Gasteiger partial charge in [0.05, 0.1) is 0 Å². The maximum absolute atomic E-state index is 12.7. The van der Waals surface area contributed by atoms with Crippen LogP contribution >= 0.6 is 11.8 Å². The third-order valence-corrected chi connectivity index (χ3v) is 6.82. The summed E-state index contributed by atoms with van der Waals surface area (Å²) < 4.78 is 1.43. The molecule has 0 bridgehead atoms. The molecule has 1 aliphatic rings. The second kappa shape index (κ2) is 8.90. The molecule has 1 fully saturated rings. The van der Waals surface area contributed by atoms with Gasteiger partial charge in [-0.1, -0.05) is 6.42 Å². The van der Waals surface area contributed by atoms with E-state index in [0.717, 1.165) is 39.1 Å². The van der Waals surface area contributed by atoms with Gasteiger partial charge in [0.1, 0.15) is 18.1 Å². The monoisotopic (exact) mass is 415 g/mol. The third kappa shape index (κ3) is 4.93. The van der Waals surface area contributed by atoms with Gasteiger partial charge in [0, 0.05) is 28.6 Å². The van der Waals surface area contributed by atoms with E-state index in [1.807, 2.05) is 32.9 Å². The summed E-state index contributed by atoms with van der Waals surface area (Å²) in [5.41, 5.74) is 15.1. The molecule has 29 heavy (non-hydrogen) atoms. The minimum atomic E-state index is -0.308. The molecule has 3 rings (SSSR count). The van der Waals surface area contributed by atoms with Crippen LogP contribution in [0.15, 0.2) is 21.8 Å². The van der Waals surface area contributed by atoms with E-state index in [-0.39, 0.29) is 23.7 Å². The van der Waals surface area contributed by atoms with Crippen molar-refractivity contribution in [1.82, 2.24) is 14.9 Å². The van der Waals surface area contributed by atoms with Crippen molar-refractivity contribution in [3.63, 3.8) is 0 Å². The molecule has 2 heterocycles. The first kappa shape index (κ1) is 21.2. The smallest absolute Gasteiger partial charge is 0.275 e. The molecule has 0 unspecified atom stereocenters. The summed E-state index contributed by atoms with van der Waals surface area (Å²) in [5.74, 6) is 1.95. The van der Waals surface area contributed by atoms with Crippen molar-refractivity contribution in [1.29, 1.82) is 0 Å². The van der Waals surface area contributed by atoms with Crippen LogP contribution in [0.4, 0.5) is 11.5 Å². The lowest BCUT2D eigenvalue weighted by Gasteiger charge is -2.25. The second-order valence-corrected chi connectivity index (χ2v) is 8.84. The molecule has 2 aromatic heterocycles. The van der Waals surface area contributed by atoms with Crippen molar-refractivity contribution in [3.05, 3.63) is 45.0 Å². The summed E-state index contributed by atoms with van der Waals surface area (Å²) in [7, 11) is 0. The molecule has 0 atom stereocenters. The summed E-state index contributed by atoms with van der Waals surface area (Å²) in [4.78, 5) is 30.2. The highest BCUT2D eigenvalue weighted by Crippen LogP contribution is 2.34. The molecule has 0 radical (unpaired) electrons. The quantitative estimate of drug-likeness (QED) is 0.599. The summed E-state index contributed by atoms with van der Waals surface area (Å²) in [6, 6.07) is 3.83. The van der Waals surface area contributed by atoms with E-state index in [0.29, 0.717) is 12.4 Å². The molecular weight excluding hydrogens is 386 g/mol. The molecule has 0 saturated heterocycles. The highest BCUT2D eigenvalue weighted by molar-refractivity contribution is 7.99. The Morgan fingerprint density at radius 3 is 2.66 bits per heavy atom. The fraction of sp³-hybridized carbons (Fsp3) is 0.476. The zero-order valence-corrected chi connectivity index (χ0v) is 18.1. The molecule has 1 aliphatic carbocycles. The van der Waals surface area contributed by atoms with Gasteiger partial charge in [0.2, 0.25) is 5.91 Å². The number of aryl methyl sites for hydroxylation is 3. The molecule has 1 amide bonds. The number of amides is 1. The minimum absolute atomic E-state index is 0.0666. The summed E-state index contributed by atoms with van der Waals surface area (Å²) in [6.07, 6.45) is 3.80. The predicted molar refractivity (Wildman–Crippen MR) is 118 cm³/mol. The molecule has 7 nitrogen and oxygen atoms in total. The van der Waals surface area contributed by atoms with E-state index >= 15 is 0 Å². The fourth-order valence-electron chi connectivity index (χ4n) is 3.29. The Bertz CT molecular complexity index is 982. The van der Waals surface area contributed by atoms with Crippen LogP contribution in [-0.4, -0.2) is 21.2 Å². The van der Waals surface area contributed by atoms with Crippen LogP contribution in [-0.2, 0) is 17.9 Å². The molecule has 0 aromatic carbocycles. The van der Waals surface area contributed by atoms with Gasteiger partial charge in [-0.25, -0.2) is 4.98 Å². The van der Waals surface area contributed by atoms with E-state index in [2.05, 4.69) is 10.3 Å². The minimum Gasteiger partial charge on any atom is -0.393 e. The van der Waals surface area contributed by atoms with Crippen LogP contribution in [0, 0.1) is 26.7 Å². The van der Waals surface area contributed by atoms with Crippen molar-refractivity contribution in [3.8, 4) is 0 Å². The molecule has 8 heteroatoms. The first-order valence-corrected chi connectivity index (χ1v) is 10.9. The Morgan fingerprint density at radius 1 is 1.28 bits per heavy atom. The number of anilines is 2. The Hall–Kier alpha value is -2.48. The Balaban J connectivity index is 1.66. The van der Waals surface area contributed by atoms with Gasteiger partial charge in [0.25, 0.3) is 5.56 Å². The number of nitrogens with one attached hydrogen (secondary N) is 1. The SMILES string of the molecule is Cc1cc(CNC(=O)Cn2c(C)cc(SCC3CCC3)c(N)c2=O)c(C)nc1N. The molecule has 5 N–H and O–H groups in total. The number of hydrogen-bond acceptors (Lipinski definition) is 6. The van der Waals surface area contributed by atoms with Gasteiger partial charge in [-0.3, -0.25) is 9.59 Å². The second-order valence-electron chi connectivity index (χ2n) is 7.77. The summed E-state index contributed by atoms with van der Waals surface area (Å²) in [6.45, 7) is 5.83. The van der Waals surface area contributed by atoms with E-state index in [9.17, 15) is 9.59 Å². The highest BCUT2D eigenvalue weighted by atomic mass is 32.2. The lowest BCUT2D eigenvalue weighted by atomic mass is 9.87. The molecule has 156 valence electrons.